The number of fused-ring (bicyclic) bond motifs is 1. The molecule has 1 aliphatic heterocycles. The maximum Gasteiger partial charge on any atom is 0.407 e. The van der Waals surface area contributed by atoms with Gasteiger partial charge in [0.25, 0.3) is 0 Å². The van der Waals surface area contributed by atoms with Gasteiger partial charge < -0.3 is 19.5 Å². The molecule has 2 fully saturated rings. The number of carbonyl (C=O) groups is 1. The maximum atomic E-state index is 12.8. The summed E-state index contributed by atoms with van der Waals surface area (Å²) < 4.78 is 23.8. The van der Waals surface area contributed by atoms with Crippen LogP contribution in [0.15, 0.2) is 24.3 Å². The van der Waals surface area contributed by atoms with E-state index in [1.807, 2.05) is 0 Å². The number of hydrogen-bond donors (Lipinski definition) is 1. The molecule has 2 aliphatic rings. The van der Waals surface area contributed by atoms with E-state index >= 15 is 0 Å². The summed E-state index contributed by atoms with van der Waals surface area (Å²) in [7, 11) is 0. The smallest absolute Gasteiger partial charge is 0.407 e. The van der Waals surface area contributed by atoms with E-state index in [1.165, 1.54) is 29.2 Å². The lowest BCUT2D eigenvalue weighted by Gasteiger charge is -2.17. The average molecular weight is 325 g/mol. The molecule has 1 aromatic carbocycles. The Labute approximate surface area is 132 Å². The second-order valence-corrected chi connectivity index (χ2v) is 6.06. The summed E-state index contributed by atoms with van der Waals surface area (Å²) in [6.45, 7) is 1.12. The maximum absolute atomic E-state index is 12.8. The molecule has 1 aromatic rings. The Morgan fingerprint density at radius 3 is 2.36 bits per heavy atom. The summed E-state index contributed by atoms with van der Waals surface area (Å²) in [6, 6.07) is 5.55. The quantitative estimate of drug-likeness (QED) is 0.847. The Bertz CT molecular complexity index is 565. The van der Waals surface area contributed by atoms with Crippen LogP contribution in [0.4, 0.5) is 9.18 Å². The van der Waals surface area contributed by atoms with E-state index in [-0.39, 0.29) is 17.2 Å². The minimum atomic E-state index is -0.859. The number of thiocarbonyl (C=S) groups is 1. The van der Waals surface area contributed by atoms with Gasteiger partial charge in [0.1, 0.15) is 17.7 Å². The zero-order valence-corrected chi connectivity index (χ0v) is 12.6. The molecular formula is C15H16FNO4S. The molecule has 0 spiro atoms. The van der Waals surface area contributed by atoms with E-state index in [2.05, 4.69) is 0 Å². The topological polar surface area (TPSA) is 59.0 Å². The van der Waals surface area contributed by atoms with Gasteiger partial charge in [-0.15, -0.1) is 0 Å². The van der Waals surface area contributed by atoms with Crippen molar-refractivity contribution in [3.8, 4) is 5.75 Å². The van der Waals surface area contributed by atoms with Crippen LogP contribution in [0.2, 0.25) is 0 Å². The molecule has 2 unspecified atom stereocenters. The van der Waals surface area contributed by atoms with Crippen molar-refractivity contribution in [3.63, 3.8) is 0 Å². The first-order valence-electron chi connectivity index (χ1n) is 7.13. The number of nitrogens with zero attached hydrogens (tertiary/aromatic N) is 1. The molecule has 1 N–H and O–H groups in total. The predicted molar refractivity (Wildman–Crippen MR) is 80.3 cm³/mol. The molecule has 0 aromatic heterocycles. The number of amides is 1. The van der Waals surface area contributed by atoms with Gasteiger partial charge in [-0.25, -0.2) is 9.18 Å². The van der Waals surface area contributed by atoms with E-state index in [0.717, 1.165) is 12.8 Å². The minimum Gasteiger partial charge on any atom is -0.465 e. The zero-order chi connectivity index (χ0) is 15.7. The monoisotopic (exact) mass is 325 g/mol. The fourth-order valence-electron chi connectivity index (χ4n) is 3.26. The molecule has 22 heavy (non-hydrogen) atoms. The van der Waals surface area contributed by atoms with Gasteiger partial charge in [0.15, 0.2) is 0 Å². The first-order chi connectivity index (χ1) is 10.5. The van der Waals surface area contributed by atoms with Crippen molar-refractivity contribution in [2.24, 2.45) is 11.8 Å². The Balaban J connectivity index is 1.48. The van der Waals surface area contributed by atoms with Crippen molar-refractivity contribution in [1.82, 2.24) is 4.90 Å². The number of rotatable bonds is 2. The van der Waals surface area contributed by atoms with Crippen molar-refractivity contribution in [3.05, 3.63) is 30.1 Å². The molecule has 0 bridgehead atoms. The first kappa shape index (κ1) is 15.0. The Morgan fingerprint density at radius 1 is 1.23 bits per heavy atom. The normalized spacial score (nSPS) is 26.6. The minimum absolute atomic E-state index is 0.0201. The Kier molecular flexibility index (Phi) is 4.15. The standard InChI is InChI=1S/C15H16FNO4S/c16-11-1-3-12(4-2-11)20-15(22)21-13-5-9-7-17(14(18)19)8-10(9)6-13/h1-4,9-10,13H,5-8H2,(H,18,19). The van der Waals surface area contributed by atoms with Gasteiger partial charge in [-0.2, -0.15) is 0 Å². The third kappa shape index (κ3) is 3.30. The van der Waals surface area contributed by atoms with Gasteiger partial charge in [0.05, 0.1) is 0 Å². The van der Waals surface area contributed by atoms with E-state index < -0.39 is 6.09 Å². The zero-order valence-electron chi connectivity index (χ0n) is 11.8. The van der Waals surface area contributed by atoms with Crippen LogP contribution >= 0.6 is 12.2 Å². The van der Waals surface area contributed by atoms with Crippen LogP contribution in [-0.2, 0) is 4.74 Å². The summed E-state index contributed by atoms with van der Waals surface area (Å²) in [4.78, 5) is 12.4. The molecule has 7 heteroatoms. The van der Waals surface area contributed by atoms with Crippen LogP contribution in [0.25, 0.3) is 0 Å². The number of likely N-dealkylation sites (tertiary alicyclic amines) is 1. The summed E-state index contributed by atoms with van der Waals surface area (Å²) >= 11 is 5.06. The molecule has 3 rings (SSSR count). The average Bonchev–Trinajstić information content (AvgIpc) is 2.99. The summed E-state index contributed by atoms with van der Waals surface area (Å²) in [5.41, 5.74) is 0. The van der Waals surface area contributed by atoms with Gasteiger partial charge in [-0.3, -0.25) is 0 Å². The molecule has 2 atom stereocenters. The number of carboxylic acid groups (broad SMARTS) is 1. The fourth-order valence-corrected chi connectivity index (χ4v) is 3.49. The number of benzene rings is 1. The van der Waals surface area contributed by atoms with Crippen LogP contribution in [0.3, 0.4) is 0 Å². The third-order valence-electron chi connectivity index (χ3n) is 4.26. The molecule has 1 amide bonds. The van der Waals surface area contributed by atoms with Crippen LogP contribution in [0, 0.1) is 17.7 Å². The highest BCUT2D eigenvalue weighted by Crippen LogP contribution is 2.39. The number of hydrogen-bond acceptors (Lipinski definition) is 4. The highest BCUT2D eigenvalue weighted by molar-refractivity contribution is 7.79. The highest BCUT2D eigenvalue weighted by Gasteiger charge is 2.43. The van der Waals surface area contributed by atoms with E-state index in [4.69, 9.17) is 26.8 Å². The van der Waals surface area contributed by atoms with E-state index in [9.17, 15) is 9.18 Å². The van der Waals surface area contributed by atoms with Crippen molar-refractivity contribution in [2.45, 2.75) is 18.9 Å². The SMILES string of the molecule is O=C(O)N1CC2CC(OC(=S)Oc3ccc(F)cc3)CC2C1. The largest absolute Gasteiger partial charge is 0.465 e. The summed E-state index contributed by atoms with van der Waals surface area (Å²) in [6.07, 6.45) is 0.656. The molecule has 118 valence electrons. The lowest BCUT2D eigenvalue weighted by Crippen LogP contribution is -2.29. The fraction of sp³-hybridized carbons (Fsp3) is 0.467. The number of halogens is 1. The van der Waals surface area contributed by atoms with Gasteiger partial charge >= 0.3 is 11.3 Å². The predicted octanol–water partition coefficient (Wildman–Crippen LogP) is 2.89. The van der Waals surface area contributed by atoms with Crippen molar-refractivity contribution >= 4 is 23.5 Å². The molecule has 1 saturated carbocycles. The summed E-state index contributed by atoms with van der Waals surface area (Å²) in [5, 5.41) is 9.01. The molecule has 1 saturated heterocycles. The van der Waals surface area contributed by atoms with Crippen molar-refractivity contribution in [2.75, 3.05) is 13.1 Å². The van der Waals surface area contributed by atoms with Gasteiger partial charge in [-0.1, -0.05) is 0 Å². The van der Waals surface area contributed by atoms with E-state index in [0.29, 0.717) is 30.7 Å². The van der Waals surface area contributed by atoms with Crippen molar-refractivity contribution in [1.29, 1.82) is 0 Å². The lowest BCUT2D eigenvalue weighted by molar-refractivity contribution is 0.132. The summed E-state index contributed by atoms with van der Waals surface area (Å²) in [5.74, 6) is 0.747. The second kappa shape index (κ2) is 6.08. The van der Waals surface area contributed by atoms with Crippen LogP contribution < -0.4 is 4.74 Å². The van der Waals surface area contributed by atoms with Crippen LogP contribution in [0.1, 0.15) is 12.8 Å². The molecule has 0 radical (unpaired) electrons. The number of ether oxygens (including phenoxy) is 2. The van der Waals surface area contributed by atoms with Crippen LogP contribution in [0.5, 0.6) is 5.75 Å². The van der Waals surface area contributed by atoms with Gasteiger partial charge in [-0.05, 0) is 48.9 Å². The first-order valence-corrected chi connectivity index (χ1v) is 7.54. The van der Waals surface area contributed by atoms with Crippen molar-refractivity contribution < 1.29 is 23.8 Å². The third-order valence-corrected chi connectivity index (χ3v) is 4.44. The second-order valence-electron chi connectivity index (χ2n) is 5.72. The molecule has 1 aliphatic carbocycles. The molecule has 1 heterocycles. The van der Waals surface area contributed by atoms with Gasteiger partial charge in [0, 0.05) is 25.3 Å². The highest BCUT2D eigenvalue weighted by atomic mass is 32.1. The van der Waals surface area contributed by atoms with E-state index in [1.54, 1.807) is 0 Å². The Hall–Kier alpha value is -1.89. The lowest BCUT2D eigenvalue weighted by atomic mass is 10.0. The molecular weight excluding hydrogens is 309 g/mol. The molecule has 5 nitrogen and oxygen atoms in total. The van der Waals surface area contributed by atoms with Gasteiger partial charge in [0.2, 0.25) is 0 Å². The Morgan fingerprint density at radius 2 is 1.82 bits per heavy atom. The van der Waals surface area contributed by atoms with Crippen LogP contribution in [-0.4, -0.2) is 40.5 Å².